The van der Waals surface area contributed by atoms with E-state index in [0.717, 1.165) is 37.3 Å². The highest BCUT2D eigenvalue weighted by atomic mass is 32.2. The molecule has 3 aromatic rings. The number of rotatable bonds is 8. The molecule has 1 N–H and O–H groups in total. The summed E-state index contributed by atoms with van der Waals surface area (Å²) in [4.78, 5) is 7.97. The number of thioether (sulfide) groups is 1. The summed E-state index contributed by atoms with van der Waals surface area (Å²) in [5.74, 6) is -0.901. The molecule has 1 fully saturated rings. The molecule has 0 unspecified atom stereocenters. The first-order valence-corrected chi connectivity index (χ1v) is 12.1. The zero-order valence-corrected chi connectivity index (χ0v) is 19.3. The van der Waals surface area contributed by atoms with Gasteiger partial charge in [0.2, 0.25) is 0 Å². The third kappa shape index (κ3) is 5.86. The van der Waals surface area contributed by atoms with Gasteiger partial charge in [-0.2, -0.15) is 16.9 Å². The Morgan fingerprint density at radius 3 is 2.58 bits per heavy atom. The Balaban J connectivity index is 1.43. The Morgan fingerprint density at radius 1 is 1.15 bits per heavy atom. The highest BCUT2D eigenvalue weighted by molar-refractivity contribution is 8.00. The third-order valence-corrected chi connectivity index (χ3v) is 7.98. The lowest BCUT2D eigenvalue weighted by atomic mass is 9.88. The highest BCUT2D eigenvalue weighted by Gasteiger charge is 2.41. The average Bonchev–Trinajstić information content (AvgIpc) is 3.32. The molecule has 5 nitrogen and oxygen atoms in total. The Morgan fingerprint density at radius 2 is 1.91 bits per heavy atom. The molecular formula is C25H28F2N4OS. The van der Waals surface area contributed by atoms with Crippen LogP contribution in [0.2, 0.25) is 0 Å². The first-order valence-electron chi connectivity index (χ1n) is 11.2. The Bertz CT molecular complexity index is 1060. The van der Waals surface area contributed by atoms with Crippen molar-refractivity contribution in [2.24, 2.45) is 5.92 Å². The Labute approximate surface area is 197 Å². The molecule has 0 amide bonds. The largest absolute Gasteiger partial charge is 0.382 e. The standard InChI is InChI=1S/C25H28F2N4OS/c1-18(33-22-7-4-19(5-8-22)2-3-20-10-12-28-13-11-20)25(32,15-31-17-29-16-30-31)23-9-6-21(26)14-24(23)27/h2-3,6,9-14,16-19,22,32H,4-5,7-8,15H2,1H3/b3-2+/t18-,19?,22?,25-/m1/s1. The predicted molar refractivity (Wildman–Crippen MR) is 126 cm³/mol. The Kier molecular flexibility index (Phi) is 7.55. The fourth-order valence-electron chi connectivity index (χ4n) is 4.37. The first-order chi connectivity index (χ1) is 15.9. The van der Waals surface area contributed by atoms with E-state index in [1.807, 2.05) is 19.1 Å². The lowest BCUT2D eigenvalue weighted by molar-refractivity contribution is 0.0131. The molecule has 0 saturated heterocycles. The van der Waals surface area contributed by atoms with Crippen LogP contribution in [0.3, 0.4) is 0 Å². The predicted octanol–water partition coefficient (Wildman–Crippen LogP) is 5.23. The maximum absolute atomic E-state index is 14.7. The van der Waals surface area contributed by atoms with E-state index in [0.29, 0.717) is 11.2 Å². The van der Waals surface area contributed by atoms with Crippen LogP contribution >= 0.6 is 11.8 Å². The summed E-state index contributed by atoms with van der Waals surface area (Å²) in [5.41, 5.74) is -0.336. The lowest BCUT2D eigenvalue weighted by Crippen LogP contribution is -2.42. The molecule has 1 saturated carbocycles. The van der Waals surface area contributed by atoms with Crippen LogP contribution in [-0.2, 0) is 12.1 Å². The van der Waals surface area contributed by atoms with Gasteiger partial charge in [-0.25, -0.2) is 18.4 Å². The van der Waals surface area contributed by atoms with E-state index >= 15 is 0 Å². The summed E-state index contributed by atoms with van der Waals surface area (Å²) >= 11 is 1.67. The minimum Gasteiger partial charge on any atom is -0.382 e. The van der Waals surface area contributed by atoms with Crippen molar-refractivity contribution in [3.05, 3.63) is 84.2 Å². The number of hydrogen-bond donors (Lipinski definition) is 1. The molecule has 2 aromatic heterocycles. The second kappa shape index (κ2) is 10.6. The molecule has 174 valence electrons. The smallest absolute Gasteiger partial charge is 0.137 e. The summed E-state index contributed by atoms with van der Waals surface area (Å²) in [6, 6.07) is 7.32. The second-order valence-corrected chi connectivity index (χ2v) is 10.2. The van der Waals surface area contributed by atoms with Gasteiger partial charge in [-0.05, 0) is 55.4 Å². The van der Waals surface area contributed by atoms with Gasteiger partial charge in [0.1, 0.15) is 29.9 Å². The molecule has 4 rings (SSSR count). The van der Waals surface area contributed by atoms with Gasteiger partial charge in [-0.3, -0.25) is 4.98 Å². The number of aliphatic hydroxyl groups is 1. The normalized spacial score (nSPS) is 21.7. The molecule has 33 heavy (non-hydrogen) atoms. The molecule has 0 bridgehead atoms. The minimum absolute atomic E-state index is 0.0355. The van der Waals surface area contributed by atoms with E-state index in [-0.39, 0.29) is 17.4 Å². The molecule has 2 atom stereocenters. The number of allylic oxidation sites excluding steroid dienone is 1. The van der Waals surface area contributed by atoms with Gasteiger partial charge in [0.05, 0.1) is 6.54 Å². The summed E-state index contributed by atoms with van der Waals surface area (Å²) in [6.45, 7) is 1.94. The quantitative estimate of drug-likeness (QED) is 0.488. The molecule has 1 aromatic carbocycles. The van der Waals surface area contributed by atoms with E-state index in [1.54, 1.807) is 24.2 Å². The van der Waals surface area contributed by atoms with E-state index in [9.17, 15) is 13.9 Å². The van der Waals surface area contributed by atoms with E-state index in [1.165, 1.54) is 29.5 Å². The molecule has 0 aliphatic heterocycles. The monoisotopic (exact) mass is 470 g/mol. The average molecular weight is 471 g/mol. The van der Waals surface area contributed by atoms with Crippen molar-refractivity contribution < 1.29 is 13.9 Å². The zero-order chi connectivity index (χ0) is 23.3. The van der Waals surface area contributed by atoms with E-state index in [4.69, 9.17) is 0 Å². The van der Waals surface area contributed by atoms with Gasteiger partial charge in [-0.15, -0.1) is 0 Å². The van der Waals surface area contributed by atoms with Gasteiger partial charge >= 0.3 is 0 Å². The van der Waals surface area contributed by atoms with E-state index < -0.39 is 17.2 Å². The van der Waals surface area contributed by atoms with Crippen LogP contribution in [0.5, 0.6) is 0 Å². The Hall–Kier alpha value is -2.58. The second-order valence-electron chi connectivity index (χ2n) is 8.60. The van der Waals surface area contributed by atoms with Gasteiger partial charge in [-0.1, -0.05) is 25.1 Å². The lowest BCUT2D eigenvalue weighted by Gasteiger charge is -2.37. The number of nitrogens with zero attached hydrogens (tertiary/aromatic N) is 4. The van der Waals surface area contributed by atoms with Crippen molar-refractivity contribution in [3.8, 4) is 0 Å². The van der Waals surface area contributed by atoms with Crippen LogP contribution in [0, 0.1) is 17.6 Å². The molecule has 1 aliphatic carbocycles. The van der Waals surface area contributed by atoms with Crippen LogP contribution in [-0.4, -0.2) is 35.4 Å². The summed E-state index contributed by atoms with van der Waals surface area (Å²) < 4.78 is 29.7. The van der Waals surface area contributed by atoms with Crippen LogP contribution in [0.4, 0.5) is 8.78 Å². The van der Waals surface area contributed by atoms with Crippen molar-refractivity contribution in [3.63, 3.8) is 0 Å². The maximum atomic E-state index is 14.7. The number of aromatic nitrogens is 4. The van der Waals surface area contributed by atoms with Crippen LogP contribution in [0.15, 0.2) is 61.5 Å². The topological polar surface area (TPSA) is 63.8 Å². The van der Waals surface area contributed by atoms with Crippen molar-refractivity contribution in [2.45, 2.75) is 55.3 Å². The van der Waals surface area contributed by atoms with Crippen LogP contribution in [0.1, 0.15) is 43.7 Å². The number of hydrogen-bond acceptors (Lipinski definition) is 5. The molecular weight excluding hydrogens is 442 g/mol. The fourth-order valence-corrected chi connectivity index (χ4v) is 5.92. The molecule has 8 heteroatoms. The fraction of sp³-hybridized carbons (Fsp3) is 0.400. The van der Waals surface area contributed by atoms with Gasteiger partial charge < -0.3 is 5.11 Å². The minimum atomic E-state index is -1.56. The number of benzene rings is 1. The molecule has 1 aliphatic rings. The molecule has 2 heterocycles. The van der Waals surface area contributed by atoms with Crippen molar-refractivity contribution in [2.75, 3.05) is 0 Å². The molecule has 0 radical (unpaired) electrons. The van der Waals surface area contributed by atoms with Crippen molar-refractivity contribution in [1.82, 2.24) is 19.7 Å². The van der Waals surface area contributed by atoms with Crippen molar-refractivity contribution in [1.29, 1.82) is 0 Å². The first kappa shape index (κ1) is 23.6. The highest BCUT2D eigenvalue weighted by Crippen LogP contribution is 2.42. The SMILES string of the molecule is C[C@@H](SC1CCC(/C=C/c2ccncc2)CC1)[C@](O)(Cn1cncn1)c1ccc(F)cc1F. The summed E-state index contributed by atoms with van der Waals surface area (Å²) in [6.07, 6.45) is 15.0. The third-order valence-electron chi connectivity index (χ3n) is 6.32. The van der Waals surface area contributed by atoms with Gasteiger partial charge in [0, 0.05) is 34.5 Å². The zero-order valence-electron chi connectivity index (χ0n) is 18.5. The molecule has 0 spiro atoms. The van der Waals surface area contributed by atoms with Gasteiger partial charge in [0.25, 0.3) is 0 Å². The van der Waals surface area contributed by atoms with Crippen LogP contribution < -0.4 is 0 Å². The summed E-state index contributed by atoms with van der Waals surface area (Å²) in [5, 5.41) is 15.8. The van der Waals surface area contributed by atoms with E-state index in [2.05, 4.69) is 27.2 Å². The van der Waals surface area contributed by atoms with Gasteiger partial charge in [0.15, 0.2) is 0 Å². The summed E-state index contributed by atoms with van der Waals surface area (Å²) in [7, 11) is 0. The van der Waals surface area contributed by atoms with Crippen LogP contribution in [0.25, 0.3) is 6.08 Å². The number of pyridine rings is 1. The van der Waals surface area contributed by atoms with Crippen molar-refractivity contribution >= 4 is 17.8 Å². The number of halogens is 2. The maximum Gasteiger partial charge on any atom is 0.137 e.